The number of pyridine rings is 1. The molecule has 4 nitrogen and oxygen atoms in total. The smallest absolute Gasteiger partial charge is 0.272 e. The molecule has 0 saturated carbocycles. The minimum Gasteiger partial charge on any atom is -0.337 e. The maximum atomic E-state index is 12.8. The van der Waals surface area contributed by atoms with Crippen molar-refractivity contribution in [3.63, 3.8) is 0 Å². The highest BCUT2D eigenvalue weighted by Crippen LogP contribution is 2.32. The number of benzene rings is 1. The van der Waals surface area contributed by atoms with E-state index < -0.39 is 0 Å². The van der Waals surface area contributed by atoms with Gasteiger partial charge >= 0.3 is 0 Å². The second-order valence-corrected chi connectivity index (χ2v) is 8.38. The third-order valence-electron chi connectivity index (χ3n) is 6.57. The maximum Gasteiger partial charge on any atom is 0.272 e. The first-order valence-corrected chi connectivity index (χ1v) is 10.7. The lowest BCUT2D eigenvalue weighted by Gasteiger charge is -2.35. The Morgan fingerprint density at radius 1 is 1.00 bits per heavy atom. The molecule has 0 bridgehead atoms. The molecule has 3 heterocycles. The van der Waals surface area contributed by atoms with E-state index in [1.807, 2.05) is 24.0 Å². The average Bonchev–Trinajstić information content (AvgIpc) is 3.22. The van der Waals surface area contributed by atoms with Gasteiger partial charge in [-0.05, 0) is 68.2 Å². The van der Waals surface area contributed by atoms with Gasteiger partial charge in [-0.15, -0.1) is 0 Å². The van der Waals surface area contributed by atoms with Gasteiger partial charge in [-0.3, -0.25) is 9.78 Å². The third kappa shape index (κ3) is 4.44. The first kappa shape index (κ1) is 19.1. The van der Waals surface area contributed by atoms with Gasteiger partial charge in [-0.1, -0.05) is 36.4 Å². The summed E-state index contributed by atoms with van der Waals surface area (Å²) in [5.41, 5.74) is 3.02. The number of piperidine rings is 1. The summed E-state index contributed by atoms with van der Waals surface area (Å²) in [6, 6.07) is 14.7. The van der Waals surface area contributed by atoms with Gasteiger partial charge in [0, 0.05) is 32.4 Å². The van der Waals surface area contributed by atoms with Crippen molar-refractivity contribution in [1.82, 2.24) is 14.8 Å². The van der Waals surface area contributed by atoms with Gasteiger partial charge < -0.3 is 9.80 Å². The predicted octanol–water partition coefficient (Wildman–Crippen LogP) is 3.81. The first-order chi connectivity index (χ1) is 13.7. The highest BCUT2D eigenvalue weighted by molar-refractivity contribution is 5.93. The number of likely N-dealkylation sites (tertiary alicyclic amines) is 2. The molecule has 1 aromatic carbocycles. The molecule has 4 rings (SSSR count). The van der Waals surface area contributed by atoms with E-state index in [1.165, 1.54) is 25.1 Å². The zero-order chi connectivity index (χ0) is 19.3. The van der Waals surface area contributed by atoms with Gasteiger partial charge in [0.05, 0.1) is 0 Å². The summed E-state index contributed by atoms with van der Waals surface area (Å²) in [4.78, 5) is 21.7. The molecule has 28 heavy (non-hydrogen) atoms. The molecule has 148 valence electrons. The number of aryl methyl sites for hydroxylation is 1. The molecule has 2 aliphatic heterocycles. The molecule has 1 aromatic heterocycles. The zero-order valence-corrected chi connectivity index (χ0v) is 16.9. The number of rotatable bonds is 5. The molecule has 1 atom stereocenters. The number of hydrogen-bond donors (Lipinski definition) is 0. The summed E-state index contributed by atoms with van der Waals surface area (Å²) in [7, 11) is 0. The van der Waals surface area contributed by atoms with Crippen LogP contribution < -0.4 is 0 Å². The highest BCUT2D eigenvalue weighted by atomic mass is 16.2. The molecule has 2 aliphatic rings. The minimum absolute atomic E-state index is 0.104. The van der Waals surface area contributed by atoms with Crippen LogP contribution in [0.5, 0.6) is 0 Å². The molecule has 2 fully saturated rings. The Morgan fingerprint density at radius 3 is 2.50 bits per heavy atom. The Bertz CT molecular complexity index is 783. The van der Waals surface area contributed by atoms with Crippen LogP contribution in [-0.4, -0.2) is 53.4 Å². The lowest BCUT2D eigenvalue weighted by molar-refractivity contribution is 0.0652. The van der Waals surface area contributed by atoms with E-state index in [4.69, 9.17) is 0 Å². The Labute approximate surface area is 168 Å². The summed E-state index contributed by atoms with van der Waals surface area (Å²) < 4.78 is 0. The highest BCUT2D eigenvalue weighted by Gasteiger charge is 2.33. The average molecular weight is 378 g/mol. The van der Waals surface area contributed by atoms with Crippen molar-refractivity contribution in [2.75, 3.05) is 32.7 Å². The molecule has 2 saturated heterocycles. The molecule has 0 spiro atoms. The summed E-state index contributed by atoms with van der Waals surface area (Å²) in [6.07, 6.45) is 6.44. The SMILES string of the molecule is Cc1cccnc1C(=O)N1CCC([C@H]2CCN(CCc3ccccc3)C2)CC1. The van der Waals surface area contributed by atoms with Crippen molar-refractivity contribution in [2.24, 2.45) is 11.8 Å². The summed E-state index contributed by atoms with van der Waals surface area (Å²) in [6.45, 7) is 7.33. The Hall–Kier alpha value is -2.20. The maximum absolute atomic E-state index is 12.8. The number of amides is 1. The van der Waals surface area contributed by atoms with Gasteiger partial charge in [0.15, 0.2) is 0 Å². The number of carbonyl (C=O) groups is 1. The zero-order valence-electron chi connectivity index (χ0n) is 16.9. The van der Waals surface area contributed by atoms with Crippen molar-refractivity contribution in [2.45, 2.75) is 32.6 Å². The molecule has 0 N–H and O–H groups in total. The second kappa shape index (κ2) is 8.87. The third-order valence-corrected chi connectivity index (χ3v) is 6.57. The minimum atomic E-state index is 0.104. The normalized spacial score (nSPS) is 21.2. The Kier molecular flexibility index (Phi) is 6.06. The van der Waals surface area contributed by atoms with Crippen LogP contribution in [0.4, 0.5) is 0 Å². The van der Waals surface area contributed by atoms with Gasteiger partial charge in [-0.25, -0.2) is 0 Å². The molecule has 0 radical (unpaired) electrons. The largest absolute Gasteiger partial charge is 0.337 e. The first-order valence-electron chi connectivity index (χ1n) is 10.7. The van der Waals surface area contributed by atoms with E-state index in [9.17, 15) is 4.79 Å². The second-order valence-electron chi connectivity index (χ2n) is 8.38. The van der Waals surface area contributed by atoms with E-state index in [-0.39, 0.29) is 5.91 Å². The van der Waals surface area contributed by atoms with E-state index in [0.717, 1.165) is 56.3 Å². The molecule has 2 aromatic rings. The summed E-state index contributed by atoms with van der Waals surface area (Å²) in [5, 5.41) is 0. The molecule has 4 heteroatoms. The molecule has 0 aliphatic carbocycles. The standard InChI is InChI=1S/C24H31N3O/c1-19-6-5-13-25-23(19)24(28)27-16-11-21(12-17-27)22-10-15-26(18-22)14-9-20-7-3-2-4-8-20/h2-8,13,21-22H,9-12,14-18H2,1H3/t22-/m0/s1. The number of aromatic nitrogens is 1. The number of hydrogen-bond acceptors (Lipinski definition) is 3. The van der Waals surface area contributed by atoms with Crippen molar-refractivity contribution in [3.05, 3.63) is 65.5 Å². The lowest BCUT2D eigenvalue weighted by atomic mass is 9.83. The van der Waals surface area contributed by atoms with E-state index in [0.29, 0.717) is 5.69 Å². The van der Waals surface area contributed by atoms with Crippen LogP contribution in [0.15, 0.2) is 48.7 Å². The summed E-state index contributed by atoms with van der Waals surface area (Å²) in [5.74, 6) is 1.66. The van der Waals surface area contributed by atoms with Crippen molar-refractivity contribution >= 4 is 5.91 Å². The Morgan fingerprint density at radius 2 is 1.75 bits per heavy atom. The molecule has 1 amide bonds. The predicted molar refractivity (Wildman–Crippen MR) is 112 cm³/mol. The van der Waals surface area contributed by atoms with E-state index in [1.54, 1.807) is 6.20 Å². The molecule has 0 unspecified atom stereocenters. The topological polar surface area (TPSA) is 36.4 Å². The van der Waals surface area contributed by atoms with Crippen LogP contribution in [0.1, 0.15) is 40.9 Å². The van der Waals surface area contributed by atoms with Crippen LogP contribution in [0.25, 0.3) is 0 Å². The fourth-order valence-electron chi connectivity index (χ4n) is 4.82. The fourth-order valence-corrected chi connectivity index (χ4v) is 4.82. The fraction of sp³-hybridized carbons (Fsp3) is 0.500. The Balaban J connectivity index is 1.24. The van der Waals surface area contributed by atoms with Crippen molar-refractivity contribution in [1.29, 1.82) is 0 Å². The summed E-state index contributed by atoms with van der Waals surface area (Å²) >= 11 is 0. The quantitative estimate of drug-likeness (QED) is 0.795. The van der Waals surface area contributed by atoms with Crippen molar-refractivity contribution in [3.8, 4) is 0 Å². The number of nitrogens with zero attached hydrogens (tertiary/aromatic N) is 3. The van der Waals surface area contributed by atoms with E-state index >= 15 is 0 Å². The van der Waals surface area contributed by atoms with Gasteiger partial charge in [0.25, 0.3) is 5.91 Å². The van der Waals surface area contributed by atoms with Gasteiger partial charge in [0.1, 0.15) is 5.69 Å². The lowest BCUT2D eigenvalue weighted by Crippen LogP contribution is -2.41. The number of carbonyl (C=O) groups excluding carboxylic acids is 1. The van der Waals surface area contributed by atoms with Crippen LogP contribution >= 0.6 is 0 Å². The van der Waals surface area contributed by atoms with Crippen LogP contribution in [0, 0.1) is 18.8 Å². The van der Waals surface area contributed by atoms with Crippen LogP contribution in [-0.2, 0) is 6.42 Å². The van der Waals surface area contributed by atoms with Crippen LogP contribution in [0.2, 0.25) is 0 Å². The monoisotopic (exact) mass is 377 g/mol. The van der Waals surface area contributed by atoms with Gasteiger partial charge in [0.2, 0.25) is 0 Å². The molecular weight excluding hydrogens is 346 g/mol. The van der Waals surface area contributed by atoms with Crippen molar-refractivity contribution < 1.29 is 4.79 Å². The van der Waals surface area contributed by atoms with Gasteiger partial charge in [-0.2, -0.15) is 0 Å². The molecular formula is C24H31N3O. The van der Waals surface area contributed by atoms with E-state index in [2.05, 4.69) is 40.2 Å². The van der Waals surface area contributed by atoms with Crippen LogP contribution in [0.3, 0.4) is 0 Å².